The standard InChI is InChI=1S/C16H19N3/c17-16(18)19-12-15(14-9-5-2-6-10-14)11-13-7-3-1-4-8-13/h1-10,15H,11-12H2,(H4,17,18,19). The molecule has 3 heteroatoms. The van der Waals surface area contributed by atoms with Crippen molar-refractivity contribution in [2.45, 2.75) is 12.3 Å². The Balaban J connectivity index is 2.17. The zero-order valence-electron chi connectivity index (χ0n) is 10.9. The Morgan fingerprint density at radius 1 is 0.895 bits per heavy atom. The van der Waals surface area contributed by atoms with E-state index in [0.717, 1.165) is 6.42 Å². The van der Waals surface area contributed by atoms with E-state index in [1.54, 1.807) is 0 Å². The number of aliphatic imine (C=N–C) groups is 1. The van der Waals surface area contributed by atoms with E-state index in [1.807, 2.05) is 24.3 Å². The van der Waals surface area contributed by atoms with Crippen LogP contribution in [0.4, 0.5) is 0 Å². The van der Waals surface area contributed by atoms with Gasteiger partial charge in [-0.05, 0) is 17.5 Å². The van der Waals surface area contributed by atoms with Gasteiger partial charge in [0.05, 0.1) is 0 Å². The van der Waals surface area contributed by atoms with Crippen molar-refractivity contribution in [3.63, 3.8) is 0 Å². The minimum absolute atomic E-state index is 0.147. The molecule has 0 saturated heterocycles. The first kappa shape index (κ1) is 13.1. The number of nitrogens with zero attached hydrogens (tertiary/aromatic N) is 1. The molecule has 0 amide bonds. The molecule has 4 N–H and O–H groups in total. The van der Waals surface area contributed by atoms with E-state index in [9.17, 15) is 0 Å². The molecule has 98 valence electrons. The van der Waals surface area contributed by atoms with Gasteiger partial charge in [0.25, 0.3) is 0 Å². The highest BCUT2D eigenvalue weighted by Crippen LogP contribution is 2.21. The number of guanidine groups is 1. The second-order valence-corrected chi connectivity index (χ2v) is 4.56. The fraction of sp³-hybridized carbons (Fsp3) is 0.188. The zero-order valence-corrected chi connectivity index (χ0v) is 10.9. The first-order valence-electron chi connectivity index (χ1n) is 6.40. The topological polar surface area (TPSA) is 64.4 Å². The molecule has 0 spiro atoms. The van der Waals surface area contributed by atoms with Crippen LogP contribution in [0.2, 0.25) is 0 Å². The fourth-order valence-electron chi connectivity index (χ4n) is 2.13. The molecular weight excluding hydrogens is 234 g/mol. The third kappa shape index (κ3) is 4.14. The highest BCUT2D eigenvalue weighted by molar-refractivity contribution is 5.75. The van der Waals surface area contributed by atoms with Crippen LogP contribution in [0.25, 0.3) is 0 Å². The smallest absolute Gasteiger partial charge is 0.185 e. The lowest BCUT2D eigenvalue weighted by Crippen LogP contribution is -2.24. The van der Waals surface area contributed by atoms with Gasteiger partial charge in [0.2, 0.25) is 0 Å². The van der Waals surface area contributed by atoms with Crippen molar-refractivity contribution in [3.8, 4) is 0 Å². The van der Waals surface area contributed by atoms with Gasteiger partial charge in [-0.15, -0.1) is 0 Å². The summed E-state index contributed by atoms with van der Waals surface area (Å²) in [7, 11) is 0. The van der Waals surface area contributed by atoms with Crippen LogP contribution in [0.15, 0.2) is 65.7 Å². The van der Waals surface area contributed by atoms with Crippen molar-refractivity contribution in [1.82, 2.24) is 0 Å². The largest absolute Gasteiger partial charge is 0.370 e. The van der Waals surface area contributed by atoms with E-state index in [4.69, 9.17) is 11.5 Å². The Morgan fingerprint density at radius 3 is 2.05 bits per heavy atom. The van der Waals surface area contributed by atoms with Crippen LogP contribution in [0.1, 0.15) is 17.0 Å². The molecule has 0 aromatic heterocycles. The lowest BCUT2D eigenvalue weighted by molar-refractivity contribution is 0.694. The molecule has 2 rings (SSSR count). The molecule has 0 fully saturated rings. The maximum Gasteiger partial charge on any atom is 0.185 e. The Bertz CT molecular complexity index is 516. The first-order valence-corrected chi connectivity index (χ1v) is 6.40. The van der Waals surface area contributed by atoms with Crippen LogP contribution in [0.3, 0.4) is 0 Å². The molecule has 3 nitrogen and oxygen atoms in total. The van der Waals surface area contributed by atoms with Gasteiger partial charge in [0.15, 0.2) is 5.96 Å². The summed E-state index contributed by atoms with van der Waals surface area (Å²) < 4.78 is 0. The second kappa shape index (κ2) is 6.59. The summed E-state index contributed by atoms with van der Waals surface area (Å²) in [6, 6.07) is 20.7. The lowest BCUT2D eigenvalue weighted by atomic mass is 9.92. The van der Waals surface area contributed by atoms with E-state index in [0.29, 0.717) is 12.5 Å². The average molecular weight is 253 g/mol. The molecule has 2 aromatic rings. The number of hydrogen-bond acceptors (Lipinski definition) is 1. The van der Waals surface area contributed by atoms with Crippen molar-refractivity contribution in [1.29, 1.82) is 0 Å². The van der Waals surface area contributed by atoms with Gasteiger partial charge in [0, 0.05) is 12.5 Å². The molecule has 1 atom stereocenters. The first-order chi connectivity index (χ1) is 9.25. The quantitative estimate of drug-likeness (QED) is 0.634. The van der Waals surface area contributed by atoms with Crippen molar-refractivity contribution in [3.05, 3.63) is 71.8 Å². The molecule has 1 unspecified atom stereocenters. The summed E-state index contributed by atoms with van der Waals surface area (Å²) in [4.78, 5) is 4.17. The fourth-order valence-corrected chi connectivity index (χ4v) is 2.13. The summed E-state index contributed by atoms with van der Waals surface area (Å²) in [5.74, 6) is 0.444. The molecule has 0 bridgehead atoms. The summed E-state index contributed by atoms with van der Waals surface area (Å²) in [6.45, 7) is 0.612. The van der Waals surface area contributed by atoms with E-state index in [-0.39, 0.29) is 5.96 Å². The average Bonchev–Trinajstić information content (AvgIpc) is 2.45. The van der Waals surface area contributed by atoms with E-state index in [1.165, 1.54) is 11.1 Å². The van der Waals surface area contributed by atoms with Gasteiger partial charge >= 0.3 is 0 Å². The zero-order chi connectivity index (χ0) is 13.5. The maximum absolute atomic E-state index is 5.44. The van der Waals surface area contributed by atoms with Gasteiger partial charge in [-0.3, -0.25) is 4.99 Å². The van der Waals surface area contributed by atoms with Crippen LogP contribution in [0, 0.1) is 0 Å². The number of benzene rings is 2. The maximum atomic E-state index is 5.44. The summed E-state index contributed by atoms with van der Waals surface area (Å²) in [5, 5.41) is 0. The molecule has 0 aliphatic heterocycles. The molecule has 0 aliphatic rings. The molecule has 2 aromatic carbocycles. The third-order valence-electron chi connectivity index (χ3n) is 3.09. The Morgan fingerprint density at radius 2 is 1.47 bits per heavy atom. The Labute approximate surface area is 114 Å². The molecule has 0 radical (unpaired) electrons. The number of rotatable bonds is 5. The molecule has 0 aliphatic carbocycles. The van der Waals surface area contributed by atoms with Gasteiger partial charge in [-0.1, -0.05) is 60.7 Å². The van der Waals surface area contributed by atoms with Gasteiger partial charge in [-0.25, -0.2) is 0 Å². The van der Waals surface area contributed by atoms with Crippen LogP contribution in [-0.4, -0.2) is 12.5 Å². The van der Waals surface area contributed by atoms with Crippen molar-refractivity contribution < 1.29 is 0 Å². The predicted octanol–water partition coefficient (Wildman–Crippen LogP) is 2.29. The Kier molecular flexibility index (Phi) is 4.56. The Hall–Kier alpha value is -2.29. The van der Waals surface area contributed by atoms with E-state index >= 15 is 0 Å². The van der Waals surface area contributed by atoms with Crippen molar-refractivity contribution in [2.24, 2.45) is 16.5 Å². The van der Waals surface area contributed by atoms with Crippen molar-refractivity contribution in [2.75, 3.05) is 6.54 Å². The van der Waals surface area contributed by atoms with Gasteiger partial charge in [0.1, 0.15) is 0 Å². The van der Waals surface area contributed by atoms with Crippen LogP contribution in [0.5, 0.6) is 0 Å². The minimum Gasteiger partial charge on any atom is -0.370 e. The number of nitrogens with two attached hydrogens (primary N) is 2. The highest BCUT2D eigenvalue weighted by Gasteiger charge is 2.11. The van der Waals surface area contributed by atoms with Gasteiger partial charge in [-0.2, -0.15) is 0 Å². The normalized spacial score (nSPS) is 11.8. The van der Waals surface area contributed by atoms with Crippen LogP contribution < -0.4 is 11.5 Å². The lowest BCUT2D eigenvalue weighted by Gasteiger charge is -2.15. The summed E-state index contributed by atoms with van der Waals surface area (Å²) in [5.41, 5.74) is 13.4. The summed E-state index contributed by atoms with van der Waals surface area (Å²) in [6.07, 6.45) is 0.932. The summed E-state index contributed by atoms with van der Waals surface area (Å²) >= 11 is 0. The van der Waals surface area contributed by atoms with Crippen molar-refractivity contribution >= 4 is 5.96 Å². The predicted molar refractivity (Wildman–Crippen MR) is 80.0 cm³/mol. The minimum atomic E-state index is 0.147. The van der Waals surface area contributed by atoms with Crippen LogP contribution >= 0.6 is 0 Å². The molecule has 19 heavy (non-hydrogen) atoms. The third-order valence-corrected chi connectivity index (χ3v) is 3.09. The van der Waals surface area contributed by atoms with Crippen LogP contribution in [-0.2, 0) is 6.42 Å². The van der Waals surface area contributed by atoms with E-state index in [2.05, 4.69) is 41.4 Å². The van der Waals surface area contributed by atoms with Gasteiger partial charge < -0.3 is 11.5 Å². The monoisotopic (exact) mass is 253 g/mol. The second-order valence-electron chi connectivity index (χ2n) is 4.56. The SMILES string of the molecule is NC(N)=NCC(Cc1ccccc1)c1ccccc1. The molecule has 0 saturated carbocycles. The number of hydrogen-bond donors (Lipinski definition) is 2. The van der Waals surface area contributed by atoms with E-state index < -0.39 is 0 Å². The molecular formula is C16H19N3. The molecule has 0 heterocycles. The highest BCUT2D eigenvalue weighted by atomic mass is 15.0.